The highest BCUT2D eigenvalue weighted by atomic mass is 79.9. The summed E-state index contributed by atoms with van der Waals surface area (Å²) < 4.78 is 0.851. The Morgan fingerprint density at radius 2 is 1.75 bits per heavy atom. The van der Waals surface area contributed by atoms with Gasteiger partial charge in [-0.15, -0.1) is 0 Å². The van der Waals surface area contributed by atoms with Gasteiger partial charge in [0.1, 0.15) is 0 Å². The summed E-state index contributed by atoms with van der Waals surface area (Å²) in [6.45, 7) is 6.60. The van der Waals surface area contributed by atoms with E-state index in [4.69, 9.17) is 0 Å². The molecule has 4 nitrogen and oxygen atoms in total. The van der Waals surface area contributed by atoms with E-state index in [1.54, 1.807) is 30.3 Å². The lowest BCUT2D eigenvalue weighted by atomic mass is 10.1. The van der Waals surface area contributed by atoms with E-state index in [2.05, 4.69) is 26.6 Å². The molecule has 126 valence electrons. The van der Waals surface area contributed by atoms with Crippen LogP contribution < -0.4 is 10.6 Å². The molecule has 2 N–H and O–H groups in total. The van der Waals surface area contributed by atoms with E-state index >= 15 is 0 Å². The summed E-state index contributed by atoms with van der Waals surface area (Å²) in [6.07, 6.45) is 0. The highest BCUT2D eigenvalue weighted by Crippen LogP contribution is 2.19. The number of hydrogen-bond acceptors (Lipinski definition) is 2. The molecule has 0 unspecified atom stereocenters. The molecule has 0 heterocycles. The van der Waals surface area contributed by atoms with Gasteiger partial charge < -0.3 is 10.6 Å². The van der Waals surface area contributed by atoms with Gasteiger partial charge in [0.15, 0.2) is 0 Å². The van der Waals surface area contributed by atoms with Crippen molar-refractivity contribution >= 4 is 33.4 Å². The van der Waals surface area contributed by atoms with Gasteiger partial charge in [-0.05, 0) is 54.8 Å². The number of hydrogen-bond donors (Lipinski definition) is 2. The maximum atomic E-state index is 12.3. The Hall–Kier alpha value is -2.14. The Balaban J connectivity index is 2.09. The minimum absolute atomic E-state index is 0.100. The van der Waals surface area contributed by atoms with E-state index in [0.29, 0.717) is 29.3 Å². The van der Waals surface area contributed by atoms with E-state index < -0.39 is 0 Å². The highest BCUT2D eigenvalue weighted by molar-refractivity contribution is 9.10. The number of carbonyl (C=O) groups excluding carboxylic acids is 2. The first-order valence-electron chi connectivity index (χ1n) is 7.82. The predicted octanol–water partition coefficient (Wildman–Crippen LogP) is 4.40. The van der Waals surface area contributed by atoms with Gasteiger partial charge in [-0.1, -0.05) is 35.8 Å². The molecule has 0 saturated heterocycles. The maximum Gasteiger partial charge on any atom is 0.255 e. The van der Waals surface area contributed by atoms with Crippen molar-refractivity contribution in [2.75, 3.05) is 11.9 Å². The van der Waals surface area contributed by atoms with Gasteiger partial charge >= 0.3 is 0 Å². The van der Waals surface area contributed by atoms with Crippen LogP contribution in [0.5, 0.6) is 0 Å². The van der Waals surface area contributed by atoms with Crippen LogP contribution in [-0.4, -0.2) is 18.4 Å². The summed E-state index contributed by atoms with van der Waals surface area (Å²) in [5, 5.41) is 5.77. The SMILES string of the molecule is Cc1cc(C(=O)NCC(C)C)ccc1NC(=O)c1cccc(Br)c1. The number of carbonyl (C=O) groups is 2. The first-order valence-corrected chi connectivity index (χ1v) is 8.62. The Morgan fingerprint density at radius 3 is 2.38 bits per heavy atom. The zero-order chi connectivity index (χ0) is 17.7. The molecule has 2 rings (SSSR count). The minimum atomic E-state index is -0.184. The second-order valence-electron chi connectivity index (χ2n) is 6.10. The number of anilines is 1. The predicted molar refractivity (Wildman–Crippen MR) is 100 cm³/mol. The van der Waals surface area contributed by atoms with Crippen LogP contribution in [0.25, 0.3) is 0 Å². The third kappa shape index (κ3) is 4.93. The fraction of sp³-hybridized carbons (Fsp3) is 0.263. The van der Waals surface area contributed by atoms with E-state index in [0.717, 1.165) is 10.0 Å². The van der Waals surface area contributed by atoms with Gasteiger partial charge in [0.25, 0.3) is 11.8 Å². The first kappa shape index (κ1) is 18.2. The smallest absolute Gasteiger partial charge is 0.255 e. The Bertz CT molecular complexity index is 757. The van der Waals surface area contributed by atoms with Crippen LogP contribution in [-0.2, 0) is 0 Å². The van der Waals surface area contributed by atoms with Crippen molar-refractivity contribution in [2.45, 2.75) is 20.8 Å². The standard InChI is InChI=1S/C19H21BrN2O2/c1-12(2)11-21-18(23)15-7-8-17(13(3)9-15)22-19(24)14-5-4-6-16(20)10-14/h4-10,12H,11H2,1-3H3,(H,21,23)(H,22,24). The lowest BCUT2D eigenvalue weighted by molar-refractivity contribution is 0.0948. The third-order valence-electron chi connectivity index (χ3n) is 3.49. The molecule has 24 heavy (non-hydrogen) atoms. The molecule has 5 heteroatoms. The topological polar surface area (TPSA) is 58.2 Å². The maximum absolute atomic E-state index is 12.3. The Morgan fingerprint density at radius 1 is 1.04 bits per heavy atom. The fourth-order valence-electron chi connectivity index (χ4n) is 2.17. The third-order valence-corrected chi connectivity index (χ3v) is 3.99. The number of nitrogens with one attached hydrogen (secondary N) is 2. The molecule has 2 amide bonds. The average molecular weight is 389 g/mol. The van der Waals surface area contributed by atoms with Crippen LogP contribution in [0.2, 0.25) is 0 Å². The number of benzene rings is 2. The quantitative estimate of drug-likeness (QED) is 0.797. The van der Waals surface area contributed by atoms with Crippen molar-refractivity contribution in [2.24, 2.45) is 5.92 Å². The molecule has 0 spiro atoms. The second-order valence-corrected chi connectivity index (χ2v) is 7.01. The van der Waals surface area contributed by atoms with Crippen molar-refractivity contribution in [1.82, 2.24) is 5.32 Å². The lowest BCUT2D eigenvalue weighted by Crippen LogP contribution is -2.27. The van der Waals surface area contributed by atoms with Crippen molar-refractivity contribution < 1.29 is 9.59 Å². The zero-order valence-corrected chi connectivity index (χ0v) is 15.6. The van der Waals surface area contributed by atoms with Crippen LogP contribution >= 0.6 is 15.9 Å². The van der Waals surface area contributed by atoms with Crippen molar-refractivity contribution in [3.63, 3.8) is 0 Å². The van der Waals surface area contributed by atoms with Gasteiger partial charge in [-0.25, -0.2) is 0 Å². The summed E-state index contributed by atoms with van der Waals surface area (Å²) in [6, 6.07) is 12.5. The molecule has 2 aromatic carbocycles. The lowest BCUT2D eigenvalue weighted by Gasteiger charge is -2.12. The molecule has 0 fully saturated rings. The number of halogens is 1. The molecule has 2 aromatic rings. The molecule has 0 radical (unpaired) electrons. The van der Waals surface area contributed by atoms with E-state index in [1.165, 1.54) is 0 Å². The molecule has 0 aliphatic heterocycles. The summed E-state index contributed by atoms with van der Waals surface area (Å²) in [5.74, 6) is 0.117. The number of rotatable bonds is 5. The summed E-state index contributed by atoms with van der Waals surface area (Å²) in [7, 11) is 0. The van der Waals surface area contributed by atoms with Crippen LogP contribution in [0.4, 0.5) is 5.69 Å². The molecule has 0 saturated carbocycles. The zero-order valence-electron chi connectivity index (χ0n) is 14.0. The molecule has 0 aromatic heterocycles. The van der Waals surface area contributed by atoms with Crippen LogP contribution in [0.15, 0.2) is 46.9 Å². The summed E-state index contributed by atoms with van der Waals surface area (Å²) >= 11 is 3.36. The van der Waals surface area contributed by atoms with Gasteiger partial charge in [0.2, 0.25) is 0 Å². The van der Waals surface area contributed by atoms with Crippen molar-refractivity contribution in [3.05, 3.63) is 63.6 Å². The number of aryl methyl sites for hydroxylation is 1. The highest BCUT2D eigenvalue weighted by Gasteiger charge is 2.11. The van der Waals surface area contributed by atoms with Crippen LogP contribution in [0.1, 0.15) is 40.1 Å². The Kier molecular flexibility index (Phi) is 6.15. The van der Waals surface area contributed by atoms with E-state index in [9.17, 15) is 9.59 Å². The fourth-order valence-corrected chi connectivity index (χ4v) is 2.57. The molecular weight excluding hydrogens is 368 g/mol. The number of amides is 2. The minimum Gasteiger partial charge on any atom is -0.352 e. The Labute approximate surface area is 150 Å². The van der Waals surface area contributed by atoms with Crippen LogP contribution in [0.3, 0.4) is 0 Å². The molecule has 0 aliphatic rings. The second kappa shape index (κ2) is 8.11. The largest absolute Gasteiger partial charge is 0.352 e. The van der Waals surface area contributed by atoms with Gasteiger partial charge in [0, 0.05) is 27.8 Å². The van der Waals surface area contributed by atoms with E-state index in [-0.39, 0.29) is 11.8 Å². The van der Waals surface area contributed by atoms with Crippen molar-refractivity contribution in [3.8, 4) is 0 Å². The van der Waals surface area contributed by atoms with E-state index in [1.807, 2.05) is 32.9 Å². The monoisotopic (exact) mass is 388 g/mol. The van der Waals surface area contributed by atoms with Crippen LogP contribution in [0, 0.1) is 12.8 Å². The van der Waals surface area contributed by atoms with Crippen molar-refractivity contribution in [1.29, 1.82) is 0 Å². The summed E-state index contributed by atoms with van der Waals surface area (Å²) in [4.78, 5) is 24.4. The normalized spacial score (nSPS) is 10.5. The average Bonchev–Trinajstić information content (AvgIpc) is 2.54. The molecule has 0 atom stereocenters. The molecule has 0 bridgehead atoms. The van der Waals surface area contributed by atoms with Gasteiger partial charge in [0.05, 0.1) is 0 Å². The van der Waals surface area contributed by atoms with Gasteiger partial charge in [-0.3, -0.25) is 9.59 Å². The summed E-state index contributed by atoms with van der Waals surface area (Å²) in [5.41, 5.74) is 2.70. The van der Waals surface area contributed by atoms with Gasteiger partial charge in [-0.2, -0.15) is 0 Å². The molecule has 0 aliphatic carbocycles. The first-order chi connectivity index (χ1) is 11.4. The molecular formula is C19H21BrN2O2.